The van der Waals surface area contributed by atoms with Crippen LogP contribution < -0.4 is 5.63 Å². The smallest absolute Gasteiger partial charge is 0.335 e. The van der Waals surface area contributed by atoms with Crippen molar-refractivity contribution in [3.63, 3.8) is 0 Å². The number of hydrogen-bond donors (Lipinski definition) is 0. The molecule has 2 heterocycles. The number of fused-ring (bicyclic) bond motifs is 5. The standard InChI is InChI=1S/C27H36O7/c1-16(29)33-24-23(17-5-8-22(30)31-14-17)26(3)12-10-20-21(27(26,4)34-24)7-6-18-13-19(32-15-28)9-11-25(18,20)2/h5,8,14-15,18-21,23-24H,6-7,9-13H2,1-4H3/t18-,19+,20+,21-,23+,24+,25+,26-,27+/m1/s1. The van der Waals surface area contributed by atoms with E-state index in [1.807, 2.05) is 0 Å². The highest BCUT2D eigenvalue weighted by atomic mass is 16.7. The van der Waals surface area contributed by atoms with Crippen LogP contribution in [0.2, 0.25) is 0 Å². The second kappa shape index (κ2) is 8.21. The van der Waals surface area contributed by atoms with Crippen molar-refractivity contribution in [1.29, 1.82) is 0 Å². The Morgan fingerprint density at radius 1 is 1.09 bits per heavy atom. The fraction of sp³-hybridized carbons (Fsp3) is 0.741. The fourth-order valence-corrected chi connectivity index (χ4v) is 8.50. The zero-order valence-electron chi connectivity index (χ0n) is 20.6. The summed E-state index contributed by atoms with van der Waals surface area (Å²) < 4.78 is 23.1. The molecule has 0 bridgehead atoms. The van der Waals surface area contributed by atoms with Crippen LogP contribution in [-0.2, 0) is 23.8 Å². The number of esters is 1. The highest BCUT2D eigenvalue weighted by molar-refractivity contribution is 5.66. The number of carbonyl (C=O) groups excluding carboxylic acids is 2. The third-order valence-corrected chi connectivity index (χ3v) is 10.4. The van der Waals surface area contributed by atoms with Gasteiger partial charge in [0.25, 0.3) is 6.47 Å². The molecule has 1 aromatic rings. The average Bonchev–Trinajstić information content (AvgIpc) is 3.01. The Morgan fingerprint density at radius 2 is 1.88 bits per heavy atom. The van der Waals surface area contributed by atoms with Crippen LogP contribution in [0, 0.1) is 28.6 Å². The van der Waals surface area contributed by atoms with Gasteiger partial charge in [-0.25, -0.2) is 4.79 Å². The first kappa shape index (κ1) is 23.6. The van der Waals surface area contributed by atoms with Crippen molar-refractivity contribution in [3.05, 3.63) is 34.4 Å². The van der Waals surface area contributed by atoms with E-state index in [4.69, 9.17) is 18.6 Å². The van der Waals surface area contributed by atoms with E-state index >= 15 is 0 Å². The van der Waals surface area contributed by atoms with Crippen LogP contribution in [0.3, 0.4) is 0 Å². The molecule has 0 radical (unpaired) electrons. The van der Waals surface area contributed by atoms with Crippen molar-refractivity contribution in [2.24, 2.45) is 28.6 Å². The van der Waals surface area contributed by atoms with Crippen molar-refractivity contribution in [2.75, 3.05) is 0 Å². The van der Waals surface area contributed by atoms with Gasteiger partial charge < -0.3 is 18.6 Å². The highest BCUT2D eigenvalue weighted by Crippen LogP contribution is 2.70. The summed E-state index contributed by atoms with van der Waals surface area (Å²) in [7, 11) is 0. The van der Waals surface area contributed by atoms with Crippen LogP contribution in [0.1, 0.15) is 84.1 Å². The Hall–Kier alpha value is -2.15. The van der Waals surface area contributed by atoms with Gasteiger partial charge in [0, 0.05) is 18.4 Å². The summed E-state index contributed by atoms with van der Waals surface area (Å²) in [5.41, 5.74) is -0.157. The molecule has 0 unspecified atom stereocenters. The molecule has 9 atom stereocenters. The van der Waals surface area contributed by atoms with E-state index in [0.29, 0.717) is 24.2 Å². The zero-order chi connectivity index (χ0) is 24.3. The topological polar surface area (TPSA) is 92.0 Å². The number of hydrogen-bond acceptors (Lipinski definition) is 7. The molecular weight excluding hydrogens is 436 g/mol. The van der Waals surface area contributed by atoms with Gasteiger partial charge in [0.2, 0.25) is 6.29 Å². The highest BCUT2D eigenvalue weighted by Gasteiger charge is 2.70. The predicted octanol–water partition coefficient (Wildman–Crippen LogP) is 4.58. The third kappa shape index (κ3) is 3.37. The van der Waals surface area contributed by atoms with Crippen LogP contribution >= 0.6 is 0 Å². The molecule has 4 aliphatic rings. The van der Waals surface area contributed by atoms with Gasteiger partial charge in [0.1, 0.15) is 6.10 Å². The van der Waals surface area contributed by atoms with Gasteiger partial charge in [-0.1, -0.05) is 13.8 Å². The molecule has 186 valence electrons. The van der Waals surface area contributed by atoms with E-state index in [-0.39, 0.29) is 28.8 Å². The van der Waals surface area contributed by atoms with Crippen molar-refractivity contribution in [1.82, 2.24) is 0 Å². The van der Waals surface area contributed by atoms with Gasteiger partial charge in [-0.3, -0.25) is 9.59 Å². The maximum atomic E-state index is 12.0. The molecule has 0 N–H and O–H groups in total. The molecule has 34 heavy (non-hydrogen) atoms. The van der Waals surface area contributed by atoms with Crippen LogP contribution in [-0.4, -0.2) is 30.4 Å². The Kier molecular flexibility index (Phi) is 5.70. The Morgan fingerprint density at radius 3 is 2.56 bits per heavy atom. The minimum Gasteiger partial charge on any atom is -0.465 e. The molecule has 7 heteroatoms. The van der Waals surface area contributed by atoms with E-state index in [9.17, 15) is 14.4 Å². The Bertz CT molecular complexity index is 998. The van der Waals surface area contributed by atoms with Crippen LogP contribution in [0.25, 0.3) is 0 Å². The fourth-order valence-electron chi connectivity index (χ4n) is 8.50. The second-order valence-corrected chi connectivity index (χ2v) is 11.6. The average molecular weight is 473 g/mol. The molecule has 1 saturated heterocycles. The van der Waals surface area contributed by atoms with E-state index in [1.54, 1.807) is 6.07 Å². The minimum absolute atomic E-state index is 0.0322. The maximum absolute atomic E-state index is 12.0. The Balaban J connectivity index is 1.50. The second-order valence-electron chi connectivity index (χ2n) is 11.6. The monoisotopic (exact) mass is 472 g/mol. The molecule has 0 aromatic carbocycles. The van der Waals surface area contributed by atoms with Gasteiger partial charge in [-0.05, 0) is 86.7 Å². The molecule has 4 fully saturated rings. The van der Waals surface area contributed by atoms with Gasteiger partial charge in [-0.2, -0.15) is 0 Å². The predicted molar refractivity (Wildman–Crippen MR) is 123 cm³/mol. The van der Waals surface area contributed by atoms with Crippen molar-refractivity contribution >= 4 is 12.4 Å². The first-order valence-electron chi connectivity index (χ1n) is 12.7. The lowest BCUT2D eigenvalue weighted by Gasteiger charge is -2.63. The quantitative estimate of drug-likeness (QED) is 0.468. The molecule has 7 nitrogen and oxygen atoms in total. The molecular formula is C27H36O7. The minimum atomic E-state index is -0.721. The lowest BCUT2D eigenvalue weighted by Crippen LogP contribution is -2.61. The summed E-state index contributed by atoms with van der Waals surface area (Å²) in [6.45, 7) is 8.90. The lowest BCUT2D eigenvalue weighted by molar-refractivity contribution is -0.231. The summed E-state index contributed by atoms with van der Waals surface area (Å²) in [5, 5.41) is 0. The molecule has 3 saturated carbocycles. The summed E-state index contributed by atoms with van der Waals surface area (Å²) >= 11 is 0. The van der Waals surface area contributed by atoms with Crippen molar-refractivity contribution in [2.45, 2.75) is 96.6 Å². The van der Waals surface area contributed by atoms with Crippen LogP contribution in [0.4, 0.5) is 0 Å². The van der Waals surface area contributed by atoms with Gasteiger partial charge >= 0.3 is 11.6 Å². The maximum Gasteiger partial charge on any atom is 0.335 e. The molecule has 0 amide bonds. The summed E-state index contributed by atoms with van der Waals surface area (Å²) in [6.07, 6.45) is 7.83. The van der Waals surface area contributed by atoms with Crippen molar-refractivity contribution in [3.8, 4) is 0 Å². The SMILES string of the molecule is CC(=O)O[C@H]1O[C@@]2(C)[C@@H]3CC[C@@H]4C[C@@H](OC=O)CC[C@]4(C)[C@H]3CC[C@]2(C)[C@H]1c1ccc(=O)oc1. The van der Waals surface area contributed by atoms with Crippen molar-refractivity contribution < 1.29 is 28.2 Å². The van der Waals surface area contributed by atoms with E-state index in [2.05, 4.69) is 20.8 Å². The molecule has 1 aliphatic heterocycles. The van der Waals surface area contributed by atoms with Crippen LogP contribution in [0.15, 0.2) is 27.6 Å². The van der Waals surface area contributed by atoms with E-state index < -0.39 is 17.5 Å². The Labute approximate surface area is 200 Å². The summed E-state index contributed by atoms with van der Waals surface area (Å²) in [4.78, 5) is 34.6. The number of ether oxygens (including phenoxy) is 3. The largest absolute Gasteiger partial charge is 0.465 e. The molecule has 0 spiro atoms. The van der Waals surface area contributed by atoms with Gasteiger partial charge in [0.05, 0.1) is 17.8 Å². The molecule has 3 aliphatic carbocycles. The number of rotatable bonds is 4. The number of carbonyl (C=O) groups is 2. The normalized spacial score (nSPS) is 45.4. The zero-order valence-corrected chi connectivity index (χ0v) is 20.6. The lowest BCUT2D eigenvalue weighted by atomic mass is 9.42. The molecule has 5 rings (SSSR count). The van der Waals surface area contributed by atoms with Crippen LogP contribution in [0.5, 0.6) is 0 Å². The van der Waals surface area contributed by atoms with E-state index in [1.165, 1.54) is 19.3 Å². The first-order valence-corrected chi connectivity index (χ1v) is 12.7. The van der Waals surface area contributed by atoms with E-state index in [0.717, 1.165) is 50.5 Å². The first-order chi connectivity index (χ1) is 16.1. The van der Waals surface area contributed by atoms with Gasteiger partial charge in [-0.15, -0.1) is 0 Å². The summed E-state index contributed by atoms with van der Waals surface area (Å²) in [5.74, 6) is 0.764. The third-order valence-electron chi connectivity index (χ3n) is 10.4. The summed E-state index contributed by atoms with van der Waals surface area (Å²) in [6, 6.07) is 3.21. The molecule has 1 aromatic heterocycles. The van der Waals surface area contributed by atoms with Gasteiger partial charge in [0.15, 0.2) is 0 Å².